The Balaban J connectivity index is 2.17. The van der Waals surface area contributed by atoms with Crippen LogP contribution in [-0.4, -0.2) is 16.9 Å². The Hall–Kier alpha value is -2.30. The number of rotatable bonds is 5. The van der Waals surface area contributed by atoms with Crippen molar-refractivity contribution in [2.24, 2.45) is 22.1 Å². The van der Waals surface area contributed by atoms with Crippen LogP contribution in [0.4, 0.5) is 5.82 Å². The standard InChI is InChI=1S/C17H25N5/c1-17(2,3)11-10-14(16(18)22-19)21-15-9-8-12-6-4-5-7-13(12)20-15/h4-9,14H,10-11,19H2,1-3H3,(H2,18,22)(H,20,21). The summed E-state index contributed by atoms with van der Waals surface area (Å²) < 4.78 is 0. The third-order valence-corrected chi connectivity index (χ3v) is 3.61. The maximum Gasteiger partial charge on any atom is 0.141 e. The van der Waals surface area contributed by atoms with E-state index in [0.29, 0.717) is 5.84 Å². The first-order chi connectivity index (χ1) is 10.4. The molecule has 1 unspecified atom stereocenters. The van der Waals surface area contributed by atoms with Gasteiger partial charge in [-0.1, -0.05) is 39.0 Å². The molecule has 5 nitrogen and oxygen atoms in total. The van der Waals surface area contributed by atoms with Gasteiger partial charge < -0.3 is 16.9 Å². The molecule has 5 heteroatoms. The Kier molecular flexibility index (Phi) is 4.85. The van der Waals surface area contributed by atoms with E-state index in [9.17, 15) is 0 Å². The Bertz CT molecular complexity index is 657. The van der Waals surface area contributed by atoms with Crippen LogP contribution in [0.5, 0.6) is 0 Å². The Morgan fingerprint density at radius 3 is 2.64 bits per heavy atom. The molecule has 0 amide bonds. The van der Waals surface area contributed by atoms with Crippen molar-refractivity contribution in [1.82, 2.24) is 4.98 Å². The van der Waals surface area contributed by atoms with Gasteiger partial charge in [-0.25, -0.2) is 4.98 Å². The van der Waals surface area contributed by atoms with Crippen LogP contribution in [0, 0.1) is 5.41 Å². The van der Waals surface area contributed by atoms with Gasteiger partial charge in [0.05, 0.1) is 11.6 Å². The molecule has 5 N–H and O–H groups in total. The lowest BCUT2D eigenvalue weighted by Gasteiger charge is -2.24. The fourth-order valence-electron chi connectivity index (χ4n) is 2.29. The number of para-hydroxylation sites is 1. The van der Waals surface area contributed by atoms with Gasteiger partial charge in [0.2, 0.25) is 0 Å². The minimum absolute atomic E-state index is 0.113. The van der Waals surface area contributed by atoms with E-state index in [-0.39, 0.29) is 11.5 Å². The Morgan fingerprint density at radius 1 is 1.23 bits per heavy atom. The van der Waals surface area contributed by atoms with Crippen LogP contribution in [0.15, 0.2) is 41.5 Å². The Morgan fingerprint density at radius 2 is 1.95 bits per heavy atom. The molecular formula is C17H25N5. The maximum atomic E-state index is 5.94. The first kappa shape index (κ1) is 16.1. The number of fused-ring (bicyclic) bond motifs is 1. The molecule has 0 spiro atoms. The lowest BCUT2D eigenvalue weighted by atomic mass is 9.88. The number of amidine groups is 1. The minimum atomic E-state index is -0.113. The van der Waals surface area contributed by atoms with Crippen LogP contribution in [0.2, 0.25) is 0 Å². The number of nitrogens with two attached hydrogens (primary N) is 2. The molecular weight excluding hydrogens is 274 g/mol. The number of hydrazone groups is 1. The van der Waals surface area contributed by atoms with Crippen LogP contribution in [0.3, 0.4) is 0 Å². The molecule has 0 saturated carbocycles. The smallest absolute Gasteiger partial charge is 0.141 e. The van der Waals surface area contributed by atoms with Crippen molar-refractivity contribution in [3.05, 3.63) is 36.4 Å². The predicted octanol–water partition coefficient (Wildman–Crippen LogP) is 3.07. The fraction of sp³-hybridized carbons (Fsp3) is 0.412. The van der Waals surface area contributed by atoms with E-state index in [2.05, 4.69) is 36.2 Å². The molecule has 0 fully saturated rings. The van der Waals surface area contributed by atoms with Crippen molar-refractivity contribution >= 4 is 22.6 Å². The molecule has 22 heavy (non-hydrogen) atoms. The van der Waals surface area contributed by atoms with Crippen LogP contribution < -0.4 is 16.9 Å². The first-order valence-electron chi connectivity index (χ1n) is 7.54. The largest absolute Gasteiger partial charge is 0.384 e. The zero-order valence-corrected chi connectivity index (χ0v) is 13.5. The molecule has 2 rings (SSSR count). The highest BCUT2D eigenvalue weighted by Crippen LogP contribution is 2.23. The van der Waals surface area contributed by atoms with Crippen molar-refractivity contribution in [3.8, 4) is 0 Å². The van der Waals surface area contributed by atoms with Gasteiger partial charge in [-0.2, -0.15) is 5.10 Å². The third-order valence-electron chi connectivity index (χ3n) is 3.61. The quantitative estimate of drug-likeness (QED) is 0.342. The van der Waals surface area contributed by atoms with Crippen molar-refractivity contribution in [2.45, 2.75) is 39.7 Å². The summed E-state index contributed by atoms with van der Waals surface area (Å²) in [5.41, 5.74) is 7.12. The molecule has 0 aliphatic rings. The van der Waals surface area contributed by atoms with E-state index in [1.807, 2.05) is 36.4 Å². The summed E-state index contributed by atoms with van der Waals surface area (Å²) >= 11 is 0. The van der Waals surface area contributed by atoms with Gasteiger partial charge in [0.25, 0.3) is 0 Å². The second kappa shape index (κ2) is 6.64. The van der Waals surface area contributed by atoms with Crippen LogP contribution in [-0.2, 0) is 0 Å². The molecule has 0 bridgehead atoms. The molecule has 0 radical (unpaired) electrons. The summed E-state index contributed by atoms with van der Waals surface area (Å²) in [6, 6.07) is 11.9. The monoisotopic (exact) mass is 299 g/mol. The van der Waals surface area contributed by atoms with Crippen LogP contribution in [0.1, 0.15) is 33.6 Å². The number of benzene rings is 1. The van der Waals surface area contributed by atoms with E-state index in [4.69, 9.17) is 11.6 Å². The number of aromatic nitrogens is 1. The van der Waals surface area contributed by atoms with Gasteiger partial charge in [0, 0.05) is 5.39 Å². The summed E-state index contributed by atoms with van der Waals surface area (Å²) in [7, 11) is 0. The summed E-state index contributed by atoms with van der Waals surface area (Å²) in [5, 5.41) is 8.11. The number of nitrogens with zero attached hydrogens (tertiary/aromatic N) is 2. The number of hydrogen-bond donors (Lipinski definition) is 3. The molecule has 1 aromatic heterocycles. The van der Waals surface area contributed by atoms with E-state index in [0.717, 1.165) is 29.6 Å². The van der Waals surface area contributed by atoms with Crippen molar-refractivity contribution < 1.29 is 0 Å². The number of hydrogen-bond acceptors (Lipinski definition) is 4. The van der Waals surface area contributed by atoms with Gasteiger partial charge in [-0.05, 0) is 36.5 Å². The number of anilines is 1. The summed E-state index contributed by atoms with van der Waals surface area (Å²) in [5.74, 6) is 6.54. The van der Waals surface area contributed by atoms with Crippen molar-refractivity contribution in [2.75, 3.05) is 5.32 Å². The maximum absolute atomic E-state index is 5.94. The molecule has 0 saturated heterocycles. The average molecular weight is 299 g/mol. The minimum Gasteiger partial charge on any atom is -0.384 e. The molecule has 1 atom stereocenters. The summed E-state index contributed by atoms with van der Waals surface area (Å²) in [6.07, 6.45) is 1.86. The van der Waals surface area contributed by atoms with Crippen LogP contribution in [0.25, 0.3) is 10.9 Å². The first-order valence-corrected chi connectivity index (χ1v) is 7.54. The molecule has 2 aromatic rings. The van der Waals surface area contributed by atoms with E-state index in [1.165, 1.54) is 0 Å². The van der Waals surface area contributed by atoms with Crippen molar-refractivity contribution in [3.63, 3.8) is 0 Å². The van der Waals surface area contributed by atoms with E-state index < -0.39 is 0 Å². The summed E-state index contributed by atoms with van der Waals surface area (Å²) in [6.45, 7) is 6.61. The molecule has 1 aromatic carbocycles. The molecule has 1 heterocycles. The summed E-state index contributed by atoms with van der Waals surface area (Å²) in [4.78, 5) is 4.61. The molecule has 118 valence electrons. The third kappa shape index (κ3) is 4.35. The topological polar surface area (TPSA) is 89.3 Å². The zero-order chi connectivity index (χ0) is 16.2. The number of nitrogens with one attached hydrogen (secondary N) is 1. The second-order valence-corrected chi connectivity index (χ2v) is 6.74. The van der Waals surface area contributed by atoms with Gasteiger partial charge in [0.1, 0.15) is 11.7 Å². The van der Waals surface area contributed by atoms with E-state index in [1.54, 1.807) is 0 Å². The SMILES string of the molecule is CC(C)(C)CCC(Nc1ccc2ccccc2n1)/C(N)=N/N. The average Bonchev–Trinajstić information content (AvgIpc) is 2.49. The molecule has 0 aliphatic carbocycles. The van der Waals surface area contributed by atoms with Gasteiger partial charge in [-0.15, -0.1) is 0 Å². The normalized spacial score (nSPS) is 14.0. The lowest BCUT2D eigenvalue weighted by molar-refractivity contribution is 0.363. The highest BCUT2D eigenvalue weighted by atomic mass is 15.2. The fourth-order valence-corrected chi connectivity index (χ4v) is 2.29. The highest BCUT2D eigenvalue weighted by molar-refractivity contribution is 5.88. The lowest BCUT2D eigenvalue weighted by Crippen LogP contribution is -2.37. The predicted molar refractivity (Wildman–Crippen MR) is 93.7 cm³/mol. The van der Waals surface area contributed by atoms with Crippen LogP contribution >= 0.6 is 0 Å². The molecule has 0 aliphatic heterocycles. The highest BCUT2D eigenvalue weighted by Gasteiger charge is 2.18. The van der Waals surface area contributed by atoms with Crippen molar-refractivity contribution in [1.29, 1.82) is 0 Å². The van der Waals surface area contributed by atoms with Gasteiger partial charge in [0.15, 0.2) is 0 Å². The van der Waals surface area contributed by atoms with Gasteiger partial charge in [-0.3, -0.25) is 0 Å². The zero-order valence-electron chi connectivity index (χ0n) is 13.5. The van der Waals surface area contributed by atoms with E-state index >= 15 is 0 Å². The Labute approximate surface area is 131 Å². The number of pyridine rings is 1. The second-order valence-electron chi connectivity index (χ2n) is 6.74. The van der Waals surface area contributed by atoms with Gasteiger partial charge >= 0.3 is 0 Å².